The Morgan fingerprint density at radius 1 is 1.60 bits per heavy atom. The van der Waals surface area contributed by atoms with Crippen molar-refractivity contribution in [3.8, 4) is 0 Å². The molecule has 1 amide bonds. The Hall–Kier alpha value is -0.910. The van der Waals surface area contributed by atoms with Gasteiger partial charge in [-0.1, -0.05) is 13.0 Å². The first-order valence-electron chi connectivity index (χ1n) is 7.42. The fourth-order valence-electron chi connectivity index (χ4n) is 2.36. The first-order valence-corrected chi connectivity index (χ1v) is 8.30. The first-order chi connectivity index (χ1) is 9.79. The Morgan fingerprint density at radius 2 is 2.50 bits per heavy atom. The van der Waals surface area contributed by atoms with Crippen LogP contribution in [0.2, 0.25) is 0 Å². The molecule has 4 nitrogen and oxygen atoms in total. The SMILES string of the molecule is CCCNCC(=O)N(Cc1cccs1)CC1CCCO1. The summed E-state index contributed by atoms with van der Waals surface area (Å²) in [6, 6.07) is 4.12. The normalized spacial score (nSPS) is 18.4. The average molecular weight is 296 g/mol. The third-order valence-corrected chi connectivity index (χ3v) is 4.29. The molecule has 0 radical (unpaired) electrons. The van der Waals surface area contributed by atoms with Crippen molar-refractivity contribution in [1.29, 1.82) is 0 Å². The molecule has 2 heterocycles. The third kappa shape index (κ3) is 4.89. The number of carbonyl (C=O) groups excluding carboxylic acids is 1. The van der Waals surface area contributed by atoms with Crippen LogP contribution in [0.4, 0.5) is 0 Å². The number of nitrogens with zero attached hydrogens (tertiary/aromatic N) is 1. The van der Waals surface area contributed by atoms with Crippen LogP contribution in [-0.4, -0.2) is 43.2 Å². The number of thiophene rings is 1. The summed E-state index contributed by atoms with van der Waals surface area (Å²) in [7, 11) is 0. The van der Waals surface area contributed by atoms with Gasteiger partial charge in [0.2, 0.25) is 5.91 Å². The molecule has 1 unspecified atom stereocenters. The van der Waals surface area contributed by atoms with Gasteiger partial charge in [-0.25, -0.2) is 0 Å². The van der Waals surface area contributed by atoms with Gasteiger partial charge < -0.3 is 15.0 Å². The molecule has 0 saturated carbocycles. The zero-order valence-corrected chi connectivity index (χ0v) is 13.0. The average Bonchev–Trinajstić information content (AvgIpc) is 3.11. The Morgan fingerprint density at radius 3 is 3.15 bits per heavy atom. The van der Waals surface area contributed by atoms with Gasteiger partial charge in [0, 0.05) is 18.0 Å². The van der Waals surface area contributed by atoms with Crippen molar-refractivity contribution in [2.24, 2.45) is 0 Å². The van der Waals surface area contributed by atoms with Crippen LogP contribution in [0.5, 0.6) is 0 Å². The van der Waals surface area contributed by atoms with Crippen molar-refractivity contribution in [1.82, 2.24) is 10.2 Å². The molecule has 5 heteroatoms. The van der Waals surface area contributed by atoms with Gasteiger partial charge in [-0.15, -0.1) is 11.3 Å². The summed E-state index contributed by atoms with van der Waals surface area (Å²) in [4.78, 5) is 15.5. The van der Waals surface area contributed by atoms with E-state index in [2.05, 4.69) is 23.7 Å². The summed E-state index contributed by atoms with van der Waals surface area (Å²) in [5, 5.41) is 5.25. The highest BCUT2D eigenvalue weighted by Gasteiger charge is 2.22. The van der Waals surface area contributed by atoms with E-state index in [0.717, 1.165) is 32.4 Å². The molecule has 20 heavy (non-hydrogen) atoms. The molecule has 2 rings (SSSR count). The van der Waals surface area contributed by atoms with E-state index in [4.69, 9.17) is 4.74 Å². The zero-order chi connectivity index (χ0) is 14.2. The molecular weight excluding hydrogens is 272 g/mol. The predicted molar refractivity (Wildman–Crippen MR) is 81.9 cm³/mol. The highest BCUT2D eigenvalue weighted by atomic mass is 32.1. The Labute approximate surface area is 125 Å². The van der Waals surface area contributed by atoms with Crippen molar-refractivity contribution in [3.05, 3.63) is 22.4 Å². The van der Waals surface area contributed by atoms with E-state index < -0.39 is 0 Å². The number of amides is 1. The molecule has 0 aliphatic carbocycles. The van der Waals surface area contributed by atoms with Crippen LogP contribution in [0.1, 0.15) is 31.1 Å². The maximum atomic E-state index is 12.3. The maximum Gasteiger partial charge on any atom is 0.236 e. The topological polar surface area (TPSA) is 41.6 Å². The quantitative estimate of drug-likeness (QED) is 0.748. The Balaban J connectivity index is 1.89. The molecule has 0 bridgehead atoms. The molecule has 1 atom stereocenters. The lowest BCUT2D eigenvalue weighted by atomic mass is 10.2. The van der Waals surface area contributed by atoms with Crippen molar-refractivity contribution in [2.45, 2.75) is 38.8 Å². The lowest BCUT2D eigenvalue weighted by molar-refractivity contribution is -0.132. The van der Waals surface area contributed by atoms with E-state index in [-0.39, 0.29) is 12.0 Å². The van der Waals surface area contributed by atoms with Crippen molar-refractivity contribution in [2.75, 3.05) is 26.2 Å². The largest absolute Gasteiger partial charge is 0.376 e. The molecular formula is C15H24N2O2S. The number of carbonyl (C=O) groups is 1. The first kappa shape index (κ1) is 15.5. The Kier molecular flexibility index (Phi) is 6.50. The van der Waals surface area contributed by atoms with Crippen LogP contribution < -0.4 is 5.32 Å². The van der Waals surface area contributed by atoms with Gasteiger partial charge in [-0.05, 0) is 37.3 Å². The molecule has 1 fully saturated rings. The van der Waals surface area contributed by atoms with Crippen LogP contribution in [0, 0.1) is 0 Å². The van der Waals surface area contributed by atoms with Crippen molar-refractivity contribution < 1.29 is 9.53 Å². The molecule has 1 aliphatic heterocycles. The monoisotopic (exact) mass is 296 g/mol. The fourth-order valence-corrected chi connectivity index (χ4v) is 3.08. The predicted octanol–water partition coefficient (Wildman–Crippen LogP) is 2.26. The molecule has 1 aromatic heterocycles. The highest BCUT2D eigenvalue weighted by molar-refractivity contribution is 7.09. The molecule has 0 spiro atoms. The lowest BCUT2D eigenvalue weighted by Crippen LogP contribution is -2.41. The van der Waals surface area contributed by atoms with Crippen LogP contribution in [0.3, 0.4) is 0 Å². The Bertz CT molecular complexity index is 389. The number of nitrogens with one attached hydrogen (secondary N) is 1. The number of rotatable bonds is 8. The number of hydrogen-bond acceptors (Lipinski definition) is 4. The second-order valence-corrected chi connectivity index (χ2v) is 6.20. The smallest absolute Gasteiger partial charge is 0.236 e. The molecule has 0 aromatic carbocycles. The standard InChI is InChI=1S/C15H24N2O2S/c1-2-7-16-10-15(18)17(11-13-5-3-8-19-13)12-14-6-4-9-20-14/h4,6,9,13,16H,2-3,5,7-8,10-12H2,1H3. The van der Waals surface area contributed by atoms with Gasteiger partial charge in [-0.2, -0.15) is 0 Å². The van der Waals surface area contributed by atoms with Gasteiger partial charge in [0.05, 0.1) is 19.2 Å². The summed E-state index contributed by atoms with van der Waals surface area (Å²) < 4.78 is 5.67. The molecule has 1 aliphatic rings. The van der Waals surface area contributed by atoms with E-state index >= 15 is 0 Å². The minimum Gasteiger partial charge on any atom is -0.376 e. The molecule has 112 valence electrons. The van der Waals surface area contributed by atoms with Gasteiger partial charge in [0.15, 0.2) is 0 Å². The summed E-state index contributed by atoms with van der Waals surface area (Å²) in [5.41, 5.74) is 0. The van der Waals surface area contributed by atoms with E-state index in [9.17, 15) is 4.79 Å². The van der Waals surface area contributed by atoms with Crippen LogP contribution >= 0.6 is 11.3 Å². The minimum absolute atomic E-state index is 0.169. The van der Waals surface area contributed by atoms with Gasteiger partial charge in [-0.3, -0.25) is 4.79 Å². The molecule has 1 N–H and O–H groups in total. The van der Waals surface area contributed by atoms with Crippen molar-refractivity contribution >= 4 is 17.2 Å². The van der Waals surface area contributed by atoms with E-state index in [1.54, 1.807) is 11.3 Å². The maximum absolute atomic E-state index is 12.3. The minimum atomic E-state index is 0.169. The van der Waals surface area contributed by atoms with Crippen LogP contribution in [0.15, 0.2) is 17.5 Å². The van der Waals surface area contributed by atoms with E-state index in [0.29, 0.717) is 19.6 Å². The van der Waals surface area contributed by atoms with Crippen molar-refractivity contribution in [3.63, 3.8) is 0 Å². The molecule has 1 saturated heterocycles. The summed E-state index contributed by atoms with van der Waals surface area (Å²) in [5.74, 6) is 0.169. The van der Waals surface area contributed by atoms with Gasteiger partial charge in [0.25, 0.3) is 0 Å². The van der Waals surface area contributed by atoms with Crippen LogP contribution in [0.25, 0.3) is 0 Å². The van der Waals surface area contributed by atoms with Gasteiger partial charge in [0.1, 0.15) is 0 Å². The summed E-state index contributed by atoms with van der Waals surface area (Å²) in [6.45, 7) is 5.66. The number of ether oxygens (including phenoxy) is 1. The van der Waals surface area contributed by atoms with E-state index in [1.807, 2.05) is 11.0 Å². The summed E-state index contributed by atoms with van der Waals surface area (Å²) in [6.07, 6.45) is 3.44. The van der Waals surface area contributed by atoms with Gasteiger partial charge >= 0.3 is 0 Å². The fraction of sp³-hybridized carbons (Fsp3) is 0.667. The highest BCUT2D eigenvalue weighted by Crippen LogP contribution is 2.17. The second-order valence-electron chi connectivity index (χ2n) is 5.17. The third-order valence-electron chi connectivity index (χ3n) is 3.43. The summed E-state index contributed by atoms with van der Waals surface area (Å²) >= 11 is 1.70. The number of hydrogen-bond donors (Lipinski definition) is 1. The second kappa shape index (κ2) is 8.39. The van der Waals surface area contributed by atoms with E-state index in [1.165, 1.54) is 4.88 Å². The lowest BCUT2D eigenvalue weighted by Gasteiger charge is -2.25. The molecule has 1 aromatic rings. The zero-order valence-electron chi connectivity index (χ0n) is 12.1. The van der Waals surface area contributed by atoms with Crippen LogP contribution in [-0.2, 0) is 16.1 Å².